The maximum absolute atomic E-state index is 9.25. The summed E-state index contributed by atoms with van der Waals surface area (Å²) in [5, 5.41) is 9.25. The van der Waals surface area contributed by atoms with E-state index < -0.39 is 0 Å². The highest BCUT2D eigenvalue weighted by atomic mass is 16.3. The van der Waals surface area contributed by atoms with E-state index in [2.05, 4.69) is 13.0 Å². The molecule has 1 aliphatic rings. The fraction of sp³-hybridized carbons (Fsp3) is 0.778. The summed E-state index contributed by atoms with van der Waals surface area (Å²) < 4.78 is 0. The Hall–Kier alpha value is -0.300. The minimum absolute atomic E-state index is 0.178. The Kier molecular flexibility index (Phi) is 2.94. The minimum Gasteiger partial charge on any atom is -0.389 e. The van der Waals surface area contributed by atoms with Crippen LogP contribution in [0.15, 0.2) is 12.2 Å². The maximum atomic E-state index is 9.25. The first-order valence-electron chi connectivity index (χ1n) is 4.14. The molecule has 1 heteroatoms. The van der Waals surface area contributed by atoms with Crippen LogP contribution >= 0.6 is 0 Å². The standard InChI is InChI=1S/C9H16O/c1-8-4-2-3-5-9(10)7-6-8/h3,5,8-10H,2,4,6-7H2,1H3/b5-3+. The van der Waals surface area contributed by atoms with Gasteiger partial charge in [-0.2, -0.15) is 0 Å². The van der Waals surface area contributed by atoms with Crippen LogP contribution in [0.4, 0.5) is 0 Å². The zero-order chi connectivity index (χ0) is 7.40. The molecule has 1 N–H and O–H groups in total. The third-order valence-corrected chi connectivity index (χ3v) is 2.14. The molecule has 0 aromatic heterocycles. The van der Waals surface area contributed by atoms with E-state index in [9.17, 15) is 5.11 Å². The Morgan fingerprint density at radius 1 is 1.30 bits per heavy atom. The summed E-state index contributed by atoms with van der Waals surface area (Å²) in [6, 6.07) is 0. The van der Waals surface area contributed by atoms with Gasteiger partial charge in [0, 0.05) is 0 Å². The maximum Gasteiger partial charge on any atom is 0.0721 e. The summed E-state index contributed by atoms with van der Waals surface area (Å²) in [6.07, 6.45) is 8.37. The quantitative estimate of drug-likeness (QED) is 0.511. The van der Waals surface area contributed by atoms with Crippen LogP contribution in [0.25, 0.3) is 0 Å². The van der Waals surface area contributed by atoms with Gasteiger partial charge in [0.1, 0.15) is 0 Å². The number of hydrogen-bond acceptors (Lipinski definition) is 1. The molecule has 58 valence electrons. The molecule has 0 aromatic rings. The molecular weight excluding hydrogens is 124 g/mol. The second kappa shape index (κ2) is 3.77. The summed E-state index contributed by atoms with van der Waals surface area (Å²) >= 11 is 0. The van der Waals surface area contributed by atoms with Gasteiger partial charge in [0.15, 0.2) is 0 Å². The first-order valence-corrected chi connectivity index (χ1v) is 4.14. The summed E-state index contributed by atoms with van der Waals surface area (Å²) in [5.74, 6) is 0.791. The van der Waals surface area contributed by atoms with Crippen LogP contribution in [-0.4, -0.2) is 11.2 Å². The van der Waals surface area contributed by atoms with Crippen molar-refractivity contribution in [3.05, 3.63) is 12.2 Å². The molecule has 1 nitrogen and oxygen atoms in total. The van der Waals surface area contributed by atoms with Gasteiger partial charge >= 0.3 is 0 Å². The van der Waals surface area contributed by atoms with Crippen LogP contribution in [0.2, 0.25) is 0 Å². The molecule has 0 bridgehead atoms. The highest BCUT2D eigenvalue weighted by Crippen LogP contribution is 2.17. The van der Waals surface area contributed by atoms with Crippen molar-refractivity contribution < 1.29 is 5.11 Å². The van der Waals surface area contributed by atoms with Crippen molar-refractivity contribution >= 4 is 0 Å². The third kappa shape index (κ3) is 2.53. The lowest BCUT2D eigenvalue weighted by molar-refractivity contribution is 0.197. The minimum atomic E-state index is -0.178. The van der Waals surface area contributed by atoms with E-state index in [1.165, 1.54) is 12.8 Å². The Morgan fingerprint density at radius 3 is 2.90 bits per heavy atom. The molecule has 0 radical (unpaired) electrons. The molecule has 2 atom stereocenters. The predicted molar refractivity (Wildman–Crippen MR) is 42.8 cm³/mol. The molecule has 0 fully saturated rings. The topological polar surface area (TPSA) is 20.2 Å². The highest BCUT2D eigenvalue weighted by Gasteiger charge is 2.07. The fourth-order valence-electron chi connectivity index (χ4n) is 1.33. The lowest BCUT2D eigenvalue weighted by Crippen LogP contribution is -2.07. The Balaban J connectivity index is 2.38. The number of allylic oxidation sites excluding steroid dienone is 1. The van der Waals surface area contributed by atoms with Gasteiger partial charge < -0.3 is 5.11 Å². The summed E-state index contributed by atoms with van der Waals surface area (Å²) in [4.78, 5) is 0. The zero-order valence-corrected chi connectivity index (χ0v) is 6.59. The Labute approximate surface area is 62.8 Å². The van der Waals surface area contributed by atoms with E-state index in [-0.39, 0.29) is 6.10 Å². The van der Waals surface area contributed by atoms with Gasteiger partial charge in [-0.25, -0.2) is 0 Å². The highest BCUT2D eigenvalue weighted by molar-refractivity contribution is 4.90. The average Bonchev–Trinajstić information content (AvgIpc) is 1.90. The summed E-state index contributed by atoms with van der Waals surface area (Å²) in [5.41, 5.74) is 0. The lowest BCUT2D eigenvalue weighted by Gasteiger charge is -2.14. The monoisotopic (exact) mass is 140 g/mol. The van der Waals surface area contributed by atoms with Crippen molar-refractivity contribution in [2.24, 2.45) is 5.92 Å². The van der Waals surface area contributed by atoms with Gasteiger partial charge in [-0.05, 0) is 31.6 Å². The van der Waals surface area contributed by atoms with Gasteiger partial charge in [0.25, 0.3) is 0 Å². The van der Waals surface area contributed by atoms with Gasteiger partial charge in [0.05, 0.1) is 6.10 Å². The third-order valence-electron chi connectivity index (χ3n) is 2.14. The molecule has 10 heavy (non-hydrogen) atoms. The number of rotatable bonds is 0. The first-order chi connectivity index (χ1) is 4.79. The normalized spacial score (nSPS) is 38.2. The molecular formula is C9H16O. The largest absolute Gasteiger partial charge is 0.389 e. The van der Waals surface area contributed by atoms with E-state index in [1.807, 2.05) is 6.08 Å². The van der Waals surface area contributed by atoms with Gasteiger partial charge in [-0.15, -0.1) is 0 Å². The van der Waals surface area contributed by atoms with Crippen LogP contribution in [0.5, 0.6) is 0 Å². The first kappa shape index (κ1) is 7.80. The van der Waals surface area contributed by atoms with Crippen molar-refractivity contribution in [2.75, 3.05) is 0 Å². The number of aliphatic hydroxyl groups excluding tert-OH is 1. The smallest absolute Gasteiger partial charge is 0.0721 e. The van der Waals surface area contributed by atoms with Crippen molar-refractivity contribution in [1.29, 1.82) is 0 Å². The molecule has 0 spiro atoms. The second-order valence-corrected chi connectivity index (χ2v) is 3.26. The summed E-state index contributed by atoms with van der Waals surface area (Å²) in [7, 11) is 0. The van der Waals surface area contributed by atoms with Gasteiger partial charge in [-0.1, -0.05) is 19.1 Å². The average molecular weight is 140 g/mol. The van der Waals surface area contributed by atoms with E-state index in [0.29, 0.717) is 0 Å². The molecule has 1 aliphatic carbocycles. The molecule has 0 aliphatic heterocycles. The van der Waals surface area contributed by atoms with E-state index in [0.717, 1.165) is 18.8 Å². The molecule has 0 heterocycles. The van der Waals surface area contributed by atoms with E-state index in [1.54, 1.807) is 0 Å². The second-order valence-electron chi connectivity index (χ2n) is 3.26. The summed E-state index contributed by atoms with van der Waals surface area (Å²) in [6.45, 7) is 2.26. The van der Waals surface area contributed by atoms with Gasteiger partial charge in [0.2, 0.25) is 0 Å². The molecule has 0 saturated carbocycles. The van der Waals surface area contributed by atoms with E-state index in [4.69, 9.17) is 0 Å². The zero-order valence-electron chi connectivity index (χ0n) is 6.59. The van der Waals surface area contributed by atoms with Crippen LogP contribution in [0, 0.1) is 5.92 Å². The molecule has 1 rings (SSSR count). The predicted octanol–water partition coefficient (Wildman–Crippen LogP) is 2.11. The lowest BCUT2D eigenvalue weighted by atomic mass is 9.95. The van der Waals surface area contributed by atoms with Crippen LogP contribution in [0.3, 0.4) is 0 Å². The fourth-order valence-corrected chi connectivity index (χ4v) is 1.33. The van der Waals surface area contributed by atoms with Gasteiger partial charge in [-0.3, -0.25) is 0 Å². The SMILES string of the molecule is CC1CC/C=C/C(O)CC1. The number of aliphatic hydroxyl groups is 1. The Morgan fingerprint density at radius 2 is 2.10 bits per heavy atom. The molecule has 2 unspecified atom stereocenters. The van der Waals surface area contributed by atoms with Crippen LogP contribution in [0.1, 0.15) is 32.6 Å². The van der Waals surface area contributed by atoms with Crippen molar-refractivity contribution in [3.63, 3.8) is 0 Å². The van der Waals surface area contributed by atoms with Crippen LogP contribution in [-0.2, 0) is 0 Å². The molecule has 0 saturated heterocycles. The molecule has 0 aromatic carbocycles. The van der Waals surface area contributed by atoms with Crippen molar-refractivity contribution in [1.82, 2.24) is 0 Å². The number of hydrogen-bond donors (Lipinski definition) is 1. The van der Waals surface area contributed by atoms with Crippen molar-refractivity contribution in [2.45, 2.75) is 38.7 Å². The molecule has 0 amide bonds. The van der Waals surface area contributed by atoms with Crippen molar-refractivity contribution in [3.8, 4) is 0 Å². The van der Waals surface area contributed by atoms with E-state index >= 15 is 0 Å². The van der Waals surface area contributed by atoms with Crippen LogP contribution < -0.4 is 0 Å². The Bertz CT molecular complexity index is 118.